The first-order valence-electron chi connectivity index (χ1n) is 5.45. The fourth-order valence-electron chi connectivity index (χ4n) is 1.59. The second kappa shape index (κ2) is 6.53. The van der Waals surface area contributed by atoms with Crippen LogP contribution in [0.15, 0.2) is 24.4 Å². The van der Waals surface area contributed by atoms with Gasteiger partial charge >= 0.3 is 0 Å². The first kappa shape index (κ1) is 12.1. The van der Waals surface area contributed by atoms with Crippen molar-refractivity contribution in [2.24, 2.45) is 5.92 Å². The number of rotatable bonds is 6. The van der Waals surface area contributed by atoms with Crippen LogP contribution in [0, 0.1) is 5.92 Å². The van der Waals surface area contributed by atoms with Gasteiger partial charge in [-0.1, -0.05) is 13.0 Å². The summed E-state index contributed by atoms with van der Waals surface area (Å²) < 4.78 is 0. The van der Waals surface area contributed by atoms with E-state index in [9.17, 15) is 0 Å². The highest BCUT2D eigenvalue weighted by atomic mass is 16.3. The highest BCUT2D eigenvalue weighted by Gasteiger charge is 2.08. The second-order valence-corrected chi connectivity index (χ2v) is 3.97. The summed E-state index contributed by atoms with van der Waals surface area (Å²) in [5.74, 6) is 0.374. The highest BCUT2D eigenvalue weighted by molar-refractivity contribution is 5.02. The van der Waals surface area contributed by atoms with Gasteiger partial charge in [0, 0.05) is 25.9 Å². The fraction of sp³-hybridized carbons (Fsp3) is 0.583. The summed E-state index contributed by atoms with van der Waals surface area (Å²) in [4.78, 5) is 6.47. The monoisotopic (exact) mass is 208 g/mol. The van der Waals surface area contributed by atoms with Crippen molar-refractivity contribution in [3.8, 4) is 0 Å². The molecule has 15 heavy (non-hydrogen) atoms. The Morgan fingerprint density at radius 3 is 2.80 bits per heavy atom. The molecule has 1 N–H and O–H groups in total. The zero-order chi connectivity index (χ0) is 11.1. The maximum absolute atomic E-state index is 9.10. The largest absolute Gasteiger partial charge is 0.396 e. The molecule has 1 heterocycles. The van der Waals surface area contributed by atoms with Crippen LogP contribution in [-0.2, 0) is 6.54 Å². The van der Waals surface area contributed by atoms with Gasteiger partial charge in [-0.3, -0.25) is 4.98 Å². The molecule has 0 amide bonds. The number of hydrogen-bond acceptors (Lipinski definition) is 3. The van der Waals surface area contributed by atoms with Gasteiger partial charge in [0.1, 0.15) is 0 Å². The summed E-state index contributed by atoms with van der Waals surface area (Å²) in [7, 11) is 2.06. The van der Waals surface area contributed by atoms with Crippen molar-refractivity contribution in [2.75, 3.05) is 20.2 Å². The van der Waals surface area contributed by atoms with Gasteiger partial charge in [-0.15, -0.1) is 0 Å². The molecular weight excluding hydrogens is 188 g/mol. The third-order valence-corrected chi connectivity index (χ3v) is 2.56. The SMILES string of the molecule is CCC(CO)CN(C)Cc1ccccn1. The Morgan fingerprint density at radius 2 is 2.27 bits per heavy atom. The Hall–Kier alpha value is -0.930. The first-order valence-corrected chi connectivity index (χ1v) is 5.45. The van der Waals surface area contributed by atoms with E-state index < -0.39 is 0 Å². The Morgan fingerprint density at radius 1 is 1.47 bits per heavy atom. The van der Waals surface area contributed by atoms with Gasteiger partial charge in [0.15, 0.2) is 0 Å². The van der Waals surface area contributed by atoms with Gasteiger partial charge in [0.05, 0.1) is 5.69 Å². The molecule has 84 valence electrons. The third kappa shape index (κ3) is 4.40. The summed E-state index contributed by atoms with van der Waals surface area (Å²) in [5, 5.41) is 9.10. The van der Waals surface area contributed by atoms with Crippen LogP contribution in [0.25, 0.3) is 0 Å². The van der Waals surface area contributed by atoms with E-state index in [2.05, 4.69) is 23.9 Å². The molecule has 3 nitrogen and oxygen atoms in total. The zero-order valence-corrected chi connectivity index (χ0v) is 9.56. The van der Waals surface area contributed by atoms with Crippen LogP contribution in [0.4, 0.5) is 0 Å². The van der Waals surface area contributed by atoms with E-state index in [-0.39, 0.29) is 6.61 Å². The Bertz CT molecular complexity index is 260. The minimum absolute atomic E-state index is 0.267. The molecule has 1 aromatic rings. The summed E-state index contributed by atoms with van der Waals surface area (Å²) >= 11 is 0. The average molecular weight is 208 g/mol. The number of aromatic nitrogens is 1. The summed E-state index contributed by atoms with van der Waals surface area (Å²) in [6.07, 6.45) is 2.83. The maximum atomic E-state index is 9.10. The molecule has 0 spiro atoms. The molecule has 0 saturated heterocycles. The molecule has 0 saturated carbocycles. The first-order chi connectivity index (χ1) is 7.26. The number of nitrogens with zero attached hydrogens (tertiary/aromatic N) is 2. The number of hydrogen-bond donors (Lipinski definition) is 1. The van der Waals surface area contributed by atoms with E-state index in [1.165, 1.54) is 0 Å². The van der Waals surface area contributed by atoms with E-state index in [1.807, 2.05) is 24.4 Å². The van der Waals surface area contributed by atoms with Crippen molar-refractivity contribution in [2.45, 2.75) is 19.9 Å². The highest BCUT2D eigenvalue weighted by Crippen LogP contribution is 2.06. The molecule has 0 fully saturated rings. The van der Waals surface area contributed by atoms with E-state index >= 15 is 0 Å². The van der Waals surface area contributed by atoms with Gasteiger partial charge in [-0.2, -0.15) is 0 Å². The van der Waals surface area contributed by atoms with E-state index in [1.54, 1.807) is 0 Å². The lowest BCUT2D eigenvalue weighted by molar-refractivity contribution is 0.172. The molecule has 1 unspecified atom stereocenters. The molecule has 0 bridgehead atoms. The van der Waals surface area contributed by atoms with E-state index in [0.717, 1.165) is 25.2 Å². The number of pyridine rings is 1. The molecule has 0 aliphatic carbocycles. The van der Waals surface area contributed by atoms with Gasteiger partial charge in [-0.05, 0) is 31.5 Å². The van der Waals surface area contributed by atoms with Gasteiger partial charge in [-0.25, -0.2) is 0 Å². The molecule has 3 heteroatoms. The average Bonchev–Trinajstić information content (AvgIpc) is 2.27. The molecule has 1 aromatic heterocycles. The van der Waals surface area contributed by atoms with Crippen LogP contribution < -0.4 is 0 Å². The topological polar surface area (TPSA) is 36.4 Å². The lowest BCUT2D eigenvalue weighted by Gasteiger charge is -2.21. The minimum Gasteiger partial charge on any atom is -0.396 e. The van der Waals surface area contributed by atoms with Crippen molar-refractivity contribution >= 4 is 0 Å². The zero-order valence-electron chi connectivity index (χ0n) is 9.56. The number of aliphatic hydroxyl groups excluding tert-OH is 1. The van der Waals surface area contributed by atoms with E-state index in [4.69, 9.17) is 5.11 Å². The predicted molar refractivity (Wildman–Crippen MR) is 61.4 cm³/mol. The van der Waals surface area contributed by atoms with Gasteiger partial charge in [0.2, 0.25) is 0 Å². The Kier molecular flexibility index (Phi) is 5.29. The maximum Gasteiger partial charge on any atom is 0.0543 e. The Labute approximate surface area is 91.8 Å². The van der Waals surface area contributed by atoms with Gasteiger partial charge < -0.3 is 10.0 Å². The van der Waals surface area contributed by atoms with Crippen LogP contribution in [0.2, 0.25) is 0 Å². The standard InChI is InChI=1S/C12H20N2O/c1-3-11(10-15)8-14(2)9-12-6-4-5-7-13-12/h4-7,11,15H,3,8-10H2,1-2H3. The molecule has 0 aliphatic rings. The third-order valence-electron chi connectivity index (χ3n) is 2.56. The molecular formula is C12H20N2O. The Balaban J connectivity index is 2.39. The fourth-order valence-corrected chi connectivity index (χ4v) is 1.59. The molecule has 1 rings (SSSR count). The van der Waals surface area contributed by atoms with E-state index in [0.29, 0.717) is 5.92 Å². The van der Waals surface area contributed by atoms with Crippen LogP contribution in [0.1, 0.15) is 19.0 Å². The summed E-state index contributed by atoms with van der Waals surface area (Å²) in [5.41, 5.74) is 1.08. The quantitative estimate of drug-likeness (QED) is 0.770. The van der Waals surface area contributed by atoms with Crippen LogP contribution in [0.3, 0.4) is 0 Å². The van der Waals surface area contributed by atoms with Crippen LogP contribution >= 0.6 is 0 Å². The van der Waals surface area contributed by atoms with Crippen molar-refractivity contribution in [3.05, 3.63) is 30.1 Å². The van der Waals surface area contributed by atoms with Crippen LogP contribution in [0.5, 0.6) is 0 Å². The normalized spacial score (nSPS) is 13.1. The van der Waals surface area contributed by atoms with Crippen molar-refractivity contribution in [3.63, 3.8) is 0 Å². The number of aliphatic hydroxyl groups is 1. The van der Waals surface area contributed by atoms with Crippen molar-refractivity contribution in [1.29, 1.82) is 0 Å². The van der Waals surface area contributed by atoms with Crippen molar-refractivity contribution < 1.29 is 5.11 Å². The molecule has 0 aromatic carbocycles. The summed E-state index contributed by atoms with van der Waals surface area (Å²) in [6.45, 7) is 4.14. The summed E-state index contributed by atoms with van der Waals surface area (Å²) in [6, 6.07) is 5.95. The lowest BCUT2D eigenvalue weighted by Crippen LogP contribution is -2.27. The van der Waals surface area contributed by atoms with Gasteiger partial charge in [0.25, 0.3) is 0 Å². The second-order valence-electron chi connectivity index (χ2n) is 3.97. The smallest absolute Gasteiger partial charge is 0.0543 e. The molecule has 0 aliphatic heterocycles. The molecule has 1 atom stereocenters. The van der Waals surface area contributed by atoms with Crippen molar-refractivity contribution in [1.82, 2.24) is 9.88 Å². The minimum atomic E-state index is 0.267. The lowest BCUT2D eigenvalue weighted by atomic mass is 10.1. The molecule has 0 radical (unpaired) electrons. The van der Waals surface area contributed by atoms with Crippen LogP contribution in [-0.4, -0.2) is 35.2 Å². The predicted octanol–water partition coefficient (Wildman–Crippen LogP) is 1.53.